The summed E-state index contributed by atoms with van der Waals surface area (Å²) in [6, 6.07) is 77.3. The van der Waals surface area contributed by atoms with Crippen LogP contribution in [-0.4, -0.2) is 82.4 Å². The van der Waals surface area contributed by atoms with Crippen LogP contribution in [0.15, 0.2) is 303 Å². The Labute approximate surface area is 737 Å². The molecular weight excluding hydrogens is 1640 g/mol. The van der Waals surface area contributed by atoms with Crippen molar-refractivity contribution in [1.29, 1.82) is 0 Å². The molecule has 3 unspecified atom stereocenters. The number of aromatic nitrogens is 9. The van der Waals surface area contributed by atoms with Gasteiger partial charge in [-0.3, -0.25) is 28.0 Å². The Hall–Kier alpha value is -13.2. The molecule has 125 heavy (non-hydrogen) atoms. The van der Waals surface area contributed by atoms with E-state index in [9.17, 15) is 0 Å². The van der Waals surface area contributed by atoms with Gasteiger partial charge in [0, 0.05) is 80.2 Å². The molecule has 9 aromatic carbocycles. The van der Waals surface area contributed by atoms with Crippen molar-refractivity contribution in [3.8, 4) is 0 Å². The van der Waals surface area contributed by atoms with Gasteiger partial charge in [-0.25, -0.2) is 49.4 Å². The molecule has 0 aliphatic carbocycles. The number of nitrogen functional groups attached to an aromatic ring is 3. The van der Waals surface area contributed by atoms with Crippen LogP contribution < -0.4 is 49.1 Å². The zero-order valence-electron chi connectivity index (χ0n) is 70.1. The lowest BCUT2D eigenvalue weighted by Gasteiger charge is -2.36. The first-order valence-electron chi connectivity index (χ1n) is 40.6. The van der Waals surface area contributed by atoms with Crippen molar-refractivity contribution >= 4 is 146 Å². The van der Waals surface area contributed by atoms with Gasteiger partial charge in [0.1, 0.15) is 36.4 Å². The van der Waals surface area contributed by atoms with Gasteiger partial charge in [0.05, 0.1) is 69.7 Å². The molecule has 632 valence electrons. The number of benzene rings is 9. The van der Waals surface area contributed by atoms with Crippen molar-refractivity contribution in [2.24, 2.45) is 0 Å². The molecule has 25 nitrogen and oxygen atoms in total. The van der Waals surface area contributed by atoms with Crippen LogP contribution in [0.5, 0.6) is 0 Å². The lowest BCUT2D eigenvalue weighted by Crippen LogP contribution is -2.48. The highest BCUT2D eigenvalue weighted by Crippen LogP contribution is 2.53. The maximum atomic E-state index is 16.9. The van der Waals surface area contributed by atoms with Crippen LogP contribution in [0.1, 0.15) is 145 Å². The van der Waals surface area contributed by atoms with Gasteiger partial charge in [0.15, 0.2) is 16.9 Å². The van der Waals surface area contributed by atoms with Crippen LogP contribution in [0.2, 0.25) is 0 Å². The molecule has 0 bridgehead atoms. The molecule has 0 saturated carbocycles. The standard InChI is InChI=1S/C96H93N18O7PS3/c1-58(2)76-43-40-73-85(106-76)100-55-103-88(73)109-79-49-61(25-46-82(79)123-70-34-28-67(97)29-35-70)91(115)112-94(7,64-19-13-10-14-20-64)52-119-122(118,120-53-95(8,65-21-15-11-16-22-65)113-92(116)62-26-47-83(124-71-36-30-68(98)31-37-71)80(50-62)110-89-74-41-44-77(59(3)4)107-86(74)101-56-104-89)121-54-96(9,66-23-17-12-18-24-66)114-93(117)63-27-48-84(125-72-38-32-69(99)33-39-72)81(51-63)111-90-75-42-45-78(60(5)6)108-87(75)102-57-105-90/h10-51,55-60H,52-54,97-99H2,1-9H3,(H,112,115)(H,113,116)(H,114,117)(H,100,103,106,109)(H,101,104,107,110)(H,102,105,108,111). The number of carbonyl (C=O) groups is 3. The van der Waals surface area contributed by atoms with Gasteiger partial charge in [-0.15, -0.1) is 0 Å². The highest BCUT2D eigenvalue weighted by Gasteiger charge is 2.42. The molecule has 0 radical (unpaired) electrons. The molecule has 3 atom stereocenters. The van der Waals surface area contributed by atoms with Crippen molar-refractivity contribution in [3.63, 3.8) is 0 Å². The van der Waals surface area contributed by atoms with E-state index in [-0.39, 0.29) is 34.4 Å². The molecule has 0 fully saturated rings. The van der Waals surface area contributed by atoms with Gasteiger partial charge in [-0.05, 0) is 219 Å². The fraction of sp³-hybridized carbons (Fsp3) is 0.188. The van der Waals surface area contributed by atoms with Crippen LogP contribution >= 0.6 is 43.1 Å². The molecule has 0 aliphatic rings. The van der Waals surface area contributed by atoms with Crippen LogP contribution in [0.25, 0.3) is 33.1 Å². The molecule has 12 N–H and O–H groups in total. The van der Waals surface area contributed by atoms with E-state index in [1.807, 2.05) is 218 Å². The van der Waals surface area contributed by atoms with Crippen molar-refractivity contribution in [2.75, 3.05) is 53.0 Å². The number of nitrogens with one attached hydrogen (secondary N) is 6. The Bertz CT molecular complexity index is 5880. The maximum Gasteiger partial charge on any atom is 0.475 e. The lowest BCUT2D eigenvalue weighted by molar-refractivity contribution is 0.0481. The SMILES string of the molecule is CC(C)c1ccc2c(Nc3cc(C(=O)NC(C)(COP(=O)(OCC(C)(NC(=O)c4ccc(Sc5ccc(N)cc5)c(Nc5ncnc6nc(C(C)C)ccc56)c4)c4ccccc4)OCC(C)(NC(=O)c4ccc(Sc5ccc(N)cc5)c(Nc5ncnc6nc(C(C)C)ccc56)c4)c4ccccc4)c4ccccc4)ccc3Sc3ccc(N)cc3)ncnc2n1. The number of fused-ring (bicyclic) bond motifs is 3. The van der Waals surface area contributed by atoms with Gasteiger partial charge in [0.25, 0.3) is 17.7 Å². The minimum absolute atomic E-state index is 0.143. The number of nitrogens with two attached hydrogens (primary N) is 3. The first-order chi connectivity index (χ1) is 60.2. The lowest BCUT2D eigenvalue weighted by atomic mass is 9.92. The van der Waals surface area contributed by atoms with Gasteiger partial charge in [0.2, 0.25) is 0 Å². The molecule has 15 aromatic rings. The second-order valence-corrected chi connectivity index (χ2v) is 36.7. The highest BCUT2D eigenvalue weighted by molar-refractivity contribution is 8.00. The molecule has 6 heterocycles. The van der Waals surface area contributed by atoms with Crippen LogP contribution in [0.3, 0.4) is 0 Å². The number of hydrogen-bond donors (Lipinski definition) is 9. The number of anilines is 9. The van der Waals surface area contributed by atoms with E-state index >= 15 is 18.9 Å². The molecule has 3 amide bonds. The van der Waals surface area contributed by atoms with Crippen molar-refractivity contribution in [3.05, 3.63) is 324 Å². The number of nitrogens with zero attached hydrogens (tertiary/aromatic N) is 9. The van der Waals surface area contributed by atoms with Gasteiger partial charge >= 0.3 is 7.82 Å². The van der Waals surface area contributed by atoms with Crippen molar-refractivity contribution in [2.45, 2.75) is 126 Å². The summed E-state index contributed by atoms with van der Waals surface area (Å²) in [5, 5.41) is 22.3. The van der Waals surface area contributed by atoms with E-state index in [2.05, 4.69) is 103 Å². The van der Waals surface area contributed by atoms with E-state index in [1.54, 1.807) is 57.2 Å². The predicted molar refractivity (Wildman–Crippen MR) is 498 cm³/mol. The summed E-state index contributed by atoms with van der Waals surface area (Å²) in [5.74, 6) is 0.157. The average Bonchev–Trinajstić information content (AvgIpc) is 0.800. The van der Waals surface area contributed by atoms with E-state index in [0.29, 0.717) is 101 Å². The third kappa shape index (κ3) is 20.9. The second kappa shape index (κ2) is 37.9. The largest absolute Gasteiger partial charge is 0.475 e. The molecule has 0 aliphatic heterocycles. The molecule has 6 aromatic heterocycles. The number of phosphoric ester groups is 1. The van der Waals surface area contributed by atoms with E-state index in [4.69, 9.17) is 45.7 Å². The number of pyridine rings is 3. The minimum Gasteiger partial charge on any atom is -0.399 e. The van der Waals surface area contributed by atoms with Crippen molar-refractivity contribution < 1.29 is 32.5 Å². The number of rotatable bonds is 33. The fourth-order valence-electron chi connectivity index (χ4n) is 13.8. The Morgan fingerprint density at radius 1 is 0.352 bits per heavy atom. The number of amides is 3. The van der Waals surface area contributed by atoms with Crippen LogP contribution in [0.4, 0.5) is 51.6 Å². The average molecular weight is 1740 g/mol. The summed E-state index contributed by atoms with van der Waals surface area (Å²) in [4.78, 5) is 93.8. The van der Waals surface area contributed by atoms with Gasteiger partial charge < -0.3 is 49.1 Å². The summed E-state index contributed by atoms with van der Waals surface area (Å²) in [7, 11) is -5.14. The highest BCUT2D eigenvalue weighted by atomic mass is 32.2. The Kier molecular flexibility index (Phi) is 26.3. The topological polar surface area (TPSA) is 362 Å². The third-order valence-electron chi connectivity index (χ3n) is 21.1. The maximum absolute atomic E-state index is 16.9. The Morgan fingerprint density at radius 2 is 0.616 bits per heavy atom. The molecule has 29 heteroatoms. The summed E-state index contributed by atoms with van der Waals surface area (Å²) in [6.07, 6.45) is 4.34. The monoisotopic (exact) mass is 1740 g/mol. The fourth-order valence-corrected chi connectivity index (χ4v) is 17.9. The Balaban J connectivity index is 0.786. The normalized spacial score (nSPS) is 13.5. The first-order valence-corrected chi connectivity index (χ1v) is 44.5. The van der Waals surface area contributed by atoms with Crippen LogP contribution in [-0.2, 0) is 34.8 Å². The molecule has 15 rings (SSSR count). The molecule has 0 saturated heterocycles. The van der Waals surface area contributed by atoms with E-state index in [1.165, 1.54) is 54.3 Å². The third-order valence-corrected chi connectivity index (χ3v) is 25.7. The minimum atomic E-state index is -5.14. The van der Waals surface area contributed by atoms with Crippen molar-refractivity contribution in [1.82, 2.24) is 60.8 Å². The summed E-state index contributed by atoms with van der Waals surface area (Å²) in [6.45, 7) is 15.9. The second-order valence-electron chi connectivity index (χ2n) is 31.7. The van der Waals surface area contributed by atoms with Crippen LogP contribution in [0, 0.1) is 0 Å². The number of carbonyl (C=O) groups excluding carboxylic acids is 3. The predicted octanol–water partition coefficient (Wildman–Crippen LogP) is 21.0. The van der Waals surface area contributed by atoms with Gasteiger partial charge in [-0.2, -0.15) is 0 Å². The van der Waals surface area contributed by atoms with Gasteiger partial charge in [-0.1, -0.05) is 168 Å². The molecular formula is C96H93N18O7PS3. The zero-order chi connectivity index (χ0) is 87.6. The summed E-state index contributed by atoms with van der Waals surface area (Å²) < 4.78 is 37.4. The number of hydrogen-bond acceptors (Lipinski definition) is 25. The van der Waals surface area contributed by atoms with E-state index < -0.39 is 62.0 Å². The summed E-state index contributed by atoms with van der Waals surface area (Å²) in [5.41, 5.74) is 23.6. The Morgan fingerprint density at radius 3 is 0.872 bits per heavy atom. The smallest absolute Gasteiger partial charge is 0.399 e. The zero-order valence-corrected chi connectivity index (χ0v) is 73.5. The molecule has 0 spiro atoms. The quantitative estimate of drug-likeness (QED) is 0.0136. The van der Waals surface area contributed by atoms with E-state index in [0.717, 1.165) is 46.5 Å². The first kappa shape index (κ1) is 86.7. The summed E-state index contributed by atoms with van der Waals surface area (Å²) >= 11 is 4.37. The number of phosphoric acid groups is 1.